The Kier molecular flexibility index (Phi) is 9.01. The summed E-state index contributed by atoms with van der Waals surface area (Å²) < 4.78 is 35.3. The van der Waals surface area contributed by atoms with Gasteiger partial charge >= 0.3 is 11.9 Å². The molecule has 9 heteroatoms. The van der Waals surface area contributed by atoms with Crippen LogP contribution in [-0.4, -0.2) is 72.4 Å². The molecule has 2 aliphatic heterocycles. The van der Waals surface area contributed by atoms with E-state index in [-0.39, 0.29) is 12.5 Å². The SMILES string of the molecule is CC(=O)O[C@@H]1C[C@H](O[C@@H]2C(C)O[C@@H](O[C@H]3CCC(C)(C)[C@@H](C)C3)C[C@H]2OC(C)=O)OC(C)[C@H]1O. The molecule has 0 aromatic rings. The summed E-state index contributed by atoms with van der Waals surface area (Å²) in [7, 11) is 0. The fourth-order valence-corrected chi connectivity index (χ4v) is 5.16. The normalized spacial score (nSPS) is 42.6. The maximum atomic E-state index is 11.9. The second-order valence-electron chi connectivity index (χ2n) is 10.8. The predicted molar refractivity (Wildman–Crippen MR) is 122 cm³/mol. The van der Waals surface area contributed by atoms with Crippen molar-refractivity contribution in [1.29, 1.82) is 0 Å². The van der Waals surface area contributed by atoms with Crippen molar-refractivity contribution >= 4 is 11.9 Å². The van der Waals surface area contributed by atoms with E-state index in [1.165, 1.54) is 13.8 Å². The quantitative estimate of drug-likeness (QED) is 0.566. The summed E-state index contributed by atoms with van der Waals surface area (Å²) in [5, 5.41) is 10.3. The first-order valence-electron chi connectivity index (χ1n) is 12.5. The molecule has 3 fully saturated rings. The number of aliphatic hydroxyl groups is 1. The van der Waals surface area contributed by atoms with E-state index < -0.39 is 61.1 Å². The summed E-state index contributed by atoms with van der Waals surface area (Å²) in [6.45, 7) is 13.1. The summed E-state index contributed by atoms with van der Waals surface area (Å²) >= 11 is 0. The van der Waals surface area contributed by atoms with E-state index in [9.17, 15) is 14.7 Å². The largest absolute Gasteiger partial charge is 0.459 e. The molecular weight excluding hydrogens is 444 g/mol. The monoisotopic (exact) mass is 486 g/mol. The van der Waals surface area contributed by atoms with Gasteiger partial charge in [0.1, 0.15) is 24.4 Å². The van der Waals surface area contributed by atoms with Crippen molar-refractivity contribution in [2.45, 2.75) is 136 Å². The summed E-state index contributed by atoms with van der Waals surface area (Å²) in [4.78, 5) is 23.3. The molecule has 0 aromatic heterocycles. The summed E-state index contributed by atoms with van der Waals surface area (Å²) in [6.07, 6.45) is -1.52. The van der Waals surface area contributed by atoms with Gasteiger partial charge in [-0.25, -0.2) is 0 Å². The minimum absolute atomic E-state index is 0.101. The third kappa shape index (κ3) is 6.91. The molecule has 34 heavy (non-hydrogen) atoms. The Morgan fingerprint density at radius 1 is 0.853 bits per heavy atom. The molecule has 10 atom stereocenters. The minimum Gasteiger partial charge on any atom is -0.459 e. The van der Waals surface area contributed by atoms with Crippen LogP contribution in [0.3, 0.4) is 0 Å². The van der Waals surface area contributed by atoms with Gasteiger partial charge in [0.15, 0.2) is 12.6 Å². The third-order valence-electron chi connectivity index (χ3n) is 7.62. The van der Waals surface area contributed by atoms with Crippen LogP contribution in [-0.2, 0) is 38.0 Å². The molecule has 1 N–H and O–H groups in total. The number of hydrogen-bond acceptors (Lipinski definition) is 9. The van der Waals surface area contributed by atoms with Gasteiger partial charge < -0.3 is 33.5 Å². The second-order valence-corrected chi connectivity index (χ2v) is 10.8. The van der Waals surface area contributed by atoms with Crippen molar-refractivity contribution in [3.05, 3.63) is 0 Å². The second kappa shape index (κ2) is 11.2. The zero-order valence-electron chi connectivity index (χ0n) is 21.5. The number of aliphatic hydroxyl groups excluding tert-OH is 1. The highest BCUT2D eigenvalue weighted by Crippen LogP contribution is 2.42. The molecule has 9 nitrogen and oxygen atoms in total. The van der Waals surface area contributed by atoms with E-state index in [2.05, 4.69) is 20.8 Å². The van der Waals surface area contributed by atoms with Gasteiger partial charge in [-0.2, -0.15) is 0 Å². The summed E-state index contributed by atoms with van der Waals surface area (Å²) in [6, 6.07) is 0. The van der Waals surface area contributed by atoms with E-state index in [4.69, 9.17) is 28.4 Å². The first-order valence-corrected chi connectivity index (χ1v) is 12.5. The van der Waals surface area contributed by atoms with Crippen molar-refractivity contribution in [2.75, 3.05) is 0 Å². The highest BCUT2D eigenvalue weighted by molar-refractivity contribution is 5.66. The van der Waals surface area contributed by atoms with Gasteiger partial charge in [-0.1, -0.05) is 20.8 Å². The minimum atomic E-state index is -0.950. The number of carbonyl (C=O) groups is 2. The zero-order chi connectivity index (χ0) is 25.2. The van der Waals surface area contributed by atoms with Crippen LogP contribution in [0.5, 0.6) is 0 Å². The molecule has 0 aromatic carbocycles. The van der Waals surface area contributed by atoms with E-state index >= 15 is 0 Å². The maximum absolute atomic E-state index is 11.9. The molecule has 0 radical (unpaired) electrons. The molecule has 3 rings (SSSR count). The highest BCUT2D eigenvalue weighted by atomic mass is 16.7. The van der Waals surface area contributed by atoms with Crippen LogP contribution in [0.1, 0.15) is 80.6 Å². The lowest BCUT2D eigenvalue weighted by molar-refractivity contribution is -0.318. The standard InChI is InChI=1S/C25H42O9/c1-13-10-18(8-9-25(13,6)7)33-21-12-20(32-17(5)27)24(15(3)30-21)34-22-11-19(31-16(4)26)23(28)14(2)29-22/h13-15,18-24,28H,8-12H2,1-7H3/t13-,14?,15?,18-,19+,20+,21-,22-,23+,24+/m0/s1. The zero-order valence-corrected chi connectivity index (χ0v) is 21.5. The van der Waals surface area contributed by atoms with Gasteiger partial charge in [0.05, 0.1) is 18.3 Å². The molecule has 0 amide bonds. The van der Waals surface area contributed by atoms with E-state index in [1.807, 2.05) is 6.92 Å². The van der Waals surface area contributed by atoms with Gasteiger partial charge in [-0.05, 0) is 44.4 Å². The van der Waals surface area contributed by atoms with Crippen molar-refractivity contribution in [2.24, 2.45) is 11.3 Å². The third-order valence-corrected chi connectivity index (χ3v) is 7.62. The van der Waals surface area contributed by atoms with Crippen molar-refractivity contribution < 1.29 is 43.1 Å². The first kappa shape index (κ1) is 27.3. The van der Waals surface area contributed by atoms with Crippen LogP contribution in [0.2, 0.25) is 0 Å². The molecule has 1 saturated carbocycles. The van der Waals surface area contributed by atoms with Crippen LogP contribution in [0.25, 0.3) is 0 Å². The Morgan fingerprint density at radius 2 is 1.41 bits per heavy atom. The molecule has 196 valence electrons. The lowest BCUT2D eigenvalue weighted by atomic mass is 9.69. The lowest BCUT2D eigenvalue weighted by Gasteiger charge is -2.45. The molecule has 0 spiro atoms. The van der Waals surface area contributed by atoms with E-state index in [1.54, 1.807) is 6.92 Å². The fraction of sp³-hybridized carbons (Fsp3) is 0.920. The van der Waals surface area contributed by atoms with E-state index in [0.29, 0.717) is 17.8 Å². The Balaban J connectivity index is 1.64. The summed E-state index contributed by atoms with van der Waals surface area (Å²) in [5.74, 6) is -0.353. The van der Waals surface area contributed by atoms with Crippen LogP contribution in [0, 0.1) is 11.3 Å². The fourth-order valence-electron chi connectivity index (χ4n) is 5.16. The Labute approximate surface area is 202 Å². The smallest absolute Gasteiger partial charge is 0.302 e. The number of carbonyl (C=O) groups excluding carboxylic acids is 2. The molecule has 1 aliphatic carbocycles. The predicted octanol–water partition coefficient (Wildman–Crippen LogP) is 3.10. The van der Waals surface area contributed by atoms with Crippen LogP contribution in [0.15, 0.2) is 0 Å². The Bertz CT molecular complexity index is 710. The van der Waals surface area contributed by atoms with Gasteiger partial charge in [-0.15, -0.1) is 0 Å². The maximum Gasteiger partial charge on any atom is 0.302 e. The number of rotatable bonds is 6. The highest BCUT2D eigenvalue weighted by Gasteiger charge is 2.45. The van der Waals surface area contributed by atoms with Gasteiger partial charge in [0.25, 0.3) is 0 Å². The number of hydrogen-bond donors (Lipinski definition) is 1. The lowest BCUT2D eigenvalue weighted by Crippen LogP contribution is -2.55. The van der Waals surface area contributed by atoms with Crippen LogP contribution >= 0.6 is 0 Å². The molecule has 2 unspecified atom stereocenters. The van der Waals surface area contributed by atoms with E-state index in [0.717, 1.165) is 19.3 Å². The van der Waals surface area contributed by atoms with Crippen molar-refractivity contribution in [3.8, 4) is 0 Å². The average Bonchev–Trinajstić information content (AvgIpc) is 2.70. The molecule has 0 bridgehead atoms. The Hall–Kier alpha value is -1.26. The Morgan fingerprint density at radius 3 is 2.03 bits per heavy atom. The van der Waals surface area contributed by atoms with Gasteiger partial charge in [0.2, 0.25) is 0 Å². The van der Waals surface area contributed by atoms with Crippen molar-refractivity contribution in [1.82, 2.24) is 0 Å². The number of ether oxygens (including phenoxy) is 6. The first-order chi connectivity index (χ1) is 15.9. The number of esters is 2. The topological polar surface area (TPSA) is 110 Å². The van der Waals surface area contributed by atoms with Crippen molar-refractivity contribution in [3.63, 3.8) is 0 Å². The molecular formula is C25H42O9. The average molecular weight is 487 g/mol. The van der Waals surface area contributed by atoms with Crippen LogP contribution in [0.4, 0.5) is 0 Å². The summed E-state index contributed by atoms with van der Waals surface area (Å²) in [5.41, 5.74) is 0.300. The van der Waals surface area contributed by atoms with Gasteiger partial charge in [-0.3, -0.25) is 9.59 Å². The molecule has 2 heterocycles. The molecule has 2 saturated heterocycles. The van der Waals surface area contributed by atoms with Gasteiger partial charge in [0, 0.05) is 26.7 Å². The molecule has 3 aliphatic rings. The van der Waals surface area contributed by atoms with Crippen LogP contribution < -0.4 is 0 Å².